The van der Waals surface area contributed by atoms with Gasteiger partial charge in [0.25, 0.3) is 0 Å². The first-order chi connectivity index (χ1) is 9.19. The molecule has 0 unspecified atom stereocenters. The average molecular weight is 253 g/mol. The Morgan fingerprint density at radius 1 is 1.32 bits per heavy atom. The predicted octanol–water partition coefficient (Wildman–Crippen LogP) is 2.26. The minimum atomic E-state index is -1.05. The van der Waals surface area contributed by atoms with Gasteiger partial charge in [0.1, 0.15) is 5.69 Å². The lowest BCUT2D eigenvalue weighted by Crippen LogP contribution is -2.06. The zero-order valence-electron chi connectivity index (χ0n) is 10.00. The molecular weight excluding hydrogens is 242 g/mol. The van der Waals surface area contributed by atoms with Gasteiger partial charge in [-0.2, -0.15) is 5.26 Å². The van der Waals surface area contributed by atoms with Crippen LogP contribution < -0.4 is 5.32 Å². The van der Waals surface area contributed by atoms with Crippen molar-refractivity contribution < 1.29 is 9.90 Å². The van der Waals surface area contributed by atoms with Crippen LogP contribution in [0.1, 0.15) is 21.7 Å². The highest BCUT2D eigenvalue weighted by Gasteiger charge is 2.04. The fourth-order valence-corrected chi connectivity index (χ4v) is 1.59. The maximum atomic E-state index is 10.8. The minimum absolute atomic E-state index is 0.0186. The maximum absolute atomic E-state index is 10.8. The number of hydrogen-bond acceptors (Lipinski definition) is 4. The minimum Gasteiger partial charge on any atom is -0.477 e. The van der Waals surface area contributed by atoms with E-state index in [1.807, 2.05) is 6.07 Å². The summed E-state index contributed by atoms with van der Waals surface area (Å²) in [5.74, 6) is -1.05. The lowest BCUT2D eigenvalue weighted by Gasteiger charge is -2.06. The molecule has 0 aliphatic carbocycles. The molecule has 1 aromatic heterocycles. The Balaban J connectivity index is 2.08. The maximum Gasteiger partial charge on any atom is 0.354 e. The molecule has 0 aliphatic rings. The number of aromatic carboxylic acids is 1. The SMILES string of the molecule is N#Cc1cccc(NCc2cccc(C(=O)O)n2)c1. The lowest BCUT2D eigenvalue weighted by atomic mass is 10.2. The average Bonchev–Trinajstić information content (AvgIpc) is 2.45. The topological polar surface area (TPSA) is 86.0 Å². The summed E-state index contributed by atoms with van der Waals surface area (Å²) in [7, 11) is 0. The number of hydrogen-bond donors (Lipinski definition) is 2. The molecule has 0 radical (unpaired) electrons. The molecule has 0 bridgehead atoms. The lowest BCUT2D eigenvalue weighted by molar-refractivity contribution is 0.0690. The van der Waals surface area contributed by atoms with E-state index < -0.39 is 5.97 Å². The molecule has 2 rings (SSSR count). The van der Waals surface area contributed by atoms with Crippen molar-refractivity contribution in [2.75, 3.05) is 5.32 Å². The number of pyridine rings is 1. The Kier molecular flexibility index (Phi) is 3.74. The van der Waals surface area contributed by atoms with Crippen molar-refractivity contribution in [1.82, 2.24) is 4.98 Å². The number of nitriles is 1. The smallest absolute Gasteiger partial charge is 0.354 e. The molecule has 0 saturated heterocycles. The van der Waals surface area contributed by atoms with Gasteiger partial charge in [-0.05, 0) is 30.3 Å². The third-order valence-electron chi connectivity index (χ3n) is 2.49. The van der Waals surface area contributed by atoms with E-state index in [2.05, 4.69) is 16.4 Å². The highest BCUT2D eigenvalue weighted by Crippen LogP contribution is 2.11. The Hall–Kier alpha value is -2.87. The highest BCUT2D eigenvalue weighted by molar-refractivity contribution is 5.85. The Morgan fingerprint density at radius 3 is 2.84 bits per heavy atom. The third kappa shape index (κ3) is 3.30. The van der Waals surface area contributed by atoms with E-state index in [0.717, 1.165) is 5.69 Å². The van der Waals surface area contributed by atoms with E-state index in [4.69, 9.17) is 10.4 Å². The number of nitrogens with one attached hydrogen (secondary N) is 1. The largest absolute Gasteiger partial charge is 0.477 e. The number of benzene rings is 1. The summed E-state index contributed by atoms with van der Waals surface area (Å²) in [6.07, 6.45) is 0. The predicted molar refractivity (Wildman–Crippen MR) is 69.7 cm³/mol. The number of rotatable bonds is 4. The molecule has 5 heteroatoms. The van der Waals surface area contributed by atoms with Crippen LogP contribution in [-0.2, 0) is 6.54 Å². The van der Waals surface area contributed by atoms with Gasteiger partial charge in [0.2, 0.25) is 0 Å². The van der Waals surface area contributed by atoms with Crippen LogP contribution >= 0.6 is 0 Å². The first kappa shape index (κ1) is 12.6. The van der Waals surface area contributed by atoms with Gasteiger partial charge in [0.15, 0.2) is 0 Å². The van der Waals surface area contributed by atoms with Crippen molar-refractivity contribution >= 4 is 11.7 Å². The molecule has 0 atom stereocenters. The van der Waals surface area contributed by atoms with Gasteiger partial charge in [-0.3, -0.25) is 0 Å². The van der Waals surface area contributed by atoms with E-state index >= 15 is 0 Å². The number of nitrogens with zero attached hydrogens (tertiary/aromatic N) is 2. The number of aromatic nitrogens is 1. The fourth-order valence-electron chi connectivity index (χ4n) is 1.59. The summed E-state index contributed by atoms with van der Waals surface area (Å²) in [5.41, 5.74) is 2.01. The normalized spacial score (nSPS) is 9.63. The Bertz CT molecular complexity index is 647. The van der Waals surface area contributed by atoms with E-state index in [0.29, 0.717) is 17.8 Å². The van der Waals surface area contributed by atoms with Gasteiger partial charge < -0.3 is 10.4 Å². The standard InChI is InChI=1S/C14H11N3O2/c15-8-10-3-1-4-11(7-10)16-9-12-5-2-6-13(17-12)14(18)19/h1-7,16H,9H2,(H,18,19). The van der Waals surface area contributed by atoms with Gasteiger partial charge in [-0.25, -0.2) is 9.78 Å². The molecule has 0 fully saturated rings. The summed E-state index contributed by atoms with van der Waals surface area (Å²) >= 11 is 0. The first-order valence-corrected chi connectivity index (χ1v) is 5.62. The summed E-state index contributed by atoms with van der Waals surface area (Å²) in [5, 5.41) is 20.7. The molecule has 5 nitrogen and oxygen atoms in total. The third-order valence-corrected chi connectivity index (χ3v) is 2.49. The second-order valence-electron chi connectivity index (χ2n) is 3.87. The van der Waals surface area contributed by atoms with E-state index in [-0.39, 0.29) is 5.69 Å². The number of anilines is 1. The van der Waals surface area contributed by atoms with E-state index in [1.54, 1.807) is 30.3 Å². The van der Waals surface area contributed by atoms with Crippen molar-refractivity contribution in [3.63, 3.8) is 0 Å². The van der Waals surface area contributed by atoms with Crippen molar-refractivity contribution in [1.29, 1.82) is 5.26 Å². The molecule has 19 heavy (non-hydrogen) atoms. The van der Waals surface area contributed by atoms with E-state index in [9.17, 15) is 4.79 Å². The van der Waals surface area contributed by atoms with Gasteiger partial charge in [0.05, 0.1) is 23.9 Å². The quantitative estimate of drug-likeness (QED) is 0.872. The molecule has 94 valence electrons. The summed E-state index contributed by atoms with van der Waals surface area (Å²) in [6.45, 7) is 0.399. The fraction of sp³-hybridized carbons (Fsp3) is 0.0714. The van der Waals surface area contributed by atoms with Crippen LogP contribution in [0.3, 0.4) is 0 Å². The summed E-state index contributed by atoms with van der Waals surface area (Å²) in [6, 6.07) is 14.0. The van der Waals surface area contributed by atoms with Crippen molar-refractivity contribution in [3.05, 3.63) is 59.4 Å². The highest BCUT2D eigenvalue weighted by atomic mass is 16.4. The number of carbonyl (C=O) groups is 1. The first-order valence-electron chi connectivity index (χ1n) is 5.62. The number of carboxylic acids is 1. The van der Waals surface area contributed by atoms with Crippen LogP contribution in [0.25, 0.3) is 0 Å². The van der Waals surface area contributed by atoms with Crippen LogP contribution in [0, 0.1) is 11.3 Å². The van der Waals surface area contributed by atoms with Gasteiger partial charge in [0, 0.05) is 5.69 Å². The van der Waals surface area contributed by atoms with Crippen LogP contribution in [0.15, 0.2) is 42.5 Å². The molecule has 2 aromatic rings. The molecule has 1 heterocycles. The monoisotopic (exact) mass is 253 g/mol. The summed E-state index contributed by atoms with van der Waals surface area (Å²) in [4.78, 5) is 14.8. The van der Waals surface area contributed by atoms with Crippen molar-refractivity contribution in [2.45, 2.75) is 6.54 Å². The number of carboxylic acid groups (broad SMARTS) is 1. The summed E-state index contributed by atoms with van der Waals surface area (Å²) < 4.78 is 0. The molecule has 2 N–H and O–H groups in total. The molecule has 0 amide bonds. The zero-order chi connectivity index (χ0) is 13.7. The van der Waals surface area contributed by atoms with Crippen LogP contribution in [0.4, 0.5) is 5.69 Å². The Labute approximate surface area is 110 Å². The van der Waals surface area contributed by atoms with Gasteiger partial charge in [-0.15, -0.1) is 0 Å². The zero-order valence-corrected chi connectivity index (χ0v) is 10.00. The van der Waals surface area contributed by atoms with Gasteiger partial charge in [-0.1, -0.05) is 12.1 Å². The van der Waals surface area contributed by atoms with Crippen molar-refractivity contribution in [3.8, 4) is 6.07 Å². The molecular formula is C14H11N3O2. The second-order valence-corrected chi connectivity index (χ2v) is 3.87. The molecule has 0 spiro atoms. The molecule has 0 aliphatic heterocycles. The van der Waals surface area contributed by atoms with Gasteiger partial charge >= 0.3 is 5.97 Å². The van der Waals surface area contributed by atoms with Crippen LogP contribution in [-0.4, -0.2) is 16.1 Å². The van der Waals surface area contributed by atoms with E-state index in [1.165, 1.54) is 6.07 Å². The molecule has 1 aromatic carbocycles. The second kappa shape index (κ2) is 5.65. The Morgan fingerprint density at radius 2 is 2.11 bits per heavy atom. The van der Waals surface area contributed by atoms with Crippen LogP contribution in [0.2, 0.25) is 0 Å². The van der Waals surface area contributed by atoms with Crippen LogP contribution in [0.5, 0.6) is 0 Å². The molecule has 0 saturated carbocycles. The van der Waals surface area contributed by atoms with Crippen molar-refractivity contribution in [2.24, 2.45) is 0 Å².